The molecule has 0 aliphatic heterocycles. The Morgan fingerprint density at radius 1 is 1.85 bits per heavy atom. The molecule has 0 aliphatic carbocycles. The molecule has 70 valence electrons. The number of hydrogen-bond donors (Lipinski definition) is 0. The summed E-state index contributed by atoms with van der Waals surface area (Å²) >= 11 is 7.08. The quantitative estimate of drug-likeness (QED) is 0.575. The first-order valence-corrected chi connectivity index (χ1v) is 4.98. The highest BCUT2D eigenvalue weighted by Crippen LogP contribution is 2.22. The fourth-order valence-electron chi connectivity index (χ4n) is 0.852. The number of allylic oxidation sites excluding steroid dienone is 1. The molecule has 0 amide bonds. The van der Waals surface area contributed by atoms with Gasteiger partial charge in [-0.3, -0.25) is 10.1 Å². The number of thiophene rings is 1. The third-order valence-corrected chi connectivity index (χ3v) is 2.72. The van der Waals surface area contributed by atoms with E-state index >= 15 is 0 Å². The molecule has 1 rings (SSSR count). The maximum atomic E-state index is 10.5. The minimum Gasteiger partial charge on any atom is -0.259 e. The monoisotopic (exact) mass is 217 g/mol. The SMILES string of the molecule is CCC(=Cc1cc(Cl)cs1)[N+](=O)[O-]. The Morgan fingerprint density at radius 2 is 2.54 bits per heavy atom. The van der Waals surface area contributed by atoms with Crippen molar-refractivity contribution in [2.75, 3.05) is 0 Å². The summed E-state index contributed by atoms with van der Waals surface area (Å²) in [5, 5.41) is 12.8. The fourth-order valence-corrected chi connectivity index (χ4v) is 1.88. The maximum Gasteiger partial charge on any atom is 0.247 e. The van der Waals surface area contributed by atoms with E-state index in [1.807, 2.05) is 0 Å². The Bertz CT molecular complexity index is 346. The highest BCUT2D eigenvalue weighted by molar-refractivity contribution is 7.11. The molecule has 0 unspecified atom stereocenters. The Hall–Kier alpha value is -0.870. The molecule has 0 N–H and O–H groups in total. The Kier molecular flexibility index (Phi) is 3.45. The lowest BCUT2D eigenvalue weighted by Gasteiger charge is -1.91. The van der Waals surface area contributed by atoms with Crippen molar-refractivity contribution in [1.29, 1.82) is 0 Å². The molecule has 1 heterocycles. The fraction of sp³-hybridized carbons (Fsp3) is 0.250. The number of nitro groups is 1. The average molecular weight is 218 g/mol. The first-order chi connectivity index (χ1) is 6.13. The molecule has 0 radical (unpaired) electrons. The molecule has 5 heteroatoms. The van der Waals surface area contributed by atoms with E-state index in [0.29, 0.717) is 11.4 Å². The van der Waals surface area contributed by atoms with Crippen LogP contribution in [0.1, 0.15) is 18.2 Å². The van der Waals surface area contributed by atoms with Crippen molar-refractivity contribution in [3.05, 3.63) is 37.2 Å². The first-order valence-electron chi connectivity index (χ1n) is 3.72. The third-order valence-electron chi connectivity index (χ3n) is 1.49. The van der Waals surface area contributed by atoms with E-state index in [1.54, 1.807) is 24.4 Å². The van der Waals surface area contributed by atoms with Gasteiger partial charge in [0.15, 0.2) is 0 Å². The van der Waals surface area contributed by atoms with Crippen LogP contribution in [-0.4, -0.2) is 4.92 Å². The van der Waals surface area contributed by atoms with Crippen molar-refractivity contribution < 1.29 is 4.92 Å². The van der Waals surface area contributed by atoms with Crippen molar-refractivity contribution >= 4 is 29.0 Å². The molecule has 0 spiro atoms. The van der Waals surface area contributed by atoms with Gasteiger partial charge in [-0.1, -0.05) is 18.5 Å². The second-order valence-corrected chi connectivity index (χ2v) is 3.79. The molecule has 0 atom stereocenters. The van der Waals surface area contributed by atoms with Crippen LogP contribution in [0.2, 0.25) is 5.02 Å². The van der Waals surface area contributed by atoms with Crippen LogP contribution >= 0.6 is 22.9 Å². The molecular weight excluding hydrogens is 210 g/mol. The minimum absolute atomic E-state index is 0.207. The third kappa shape index (κ3) is 2.82. The summed E-state index contributed by atoms with van der Waals surface area (Å²) in [6, 6.07) is 1.71. The Balaban J connectivity index is 2.91. The molecular formula is C8H8ClNO2S. The van der Waals surface area contributed by atoms with Gasteiger partial charge in [-0.25, -0.2) is 0 Å². The van der Waals surface area contributed by atoms with Crippen molar-refractivity contribution in [2.45, 2.75) is 13.3 Å². The average Bonchev–Trinajstić information content (AvgIpc) is 2.46. The van der Waals surface area contributed by atoms with Crippen LogP contribution in [0.15, 0.2) is 17.1 Å². The second-order valence-electron chi connectivity index (χ2n) is 2.41. The van der Waals surface area contributed by atoms with Crippen LogP contribution < -0.4 is 0 Å². The summed E-state index contributed by atoms with van der Waals surface area (Å²) in [6.07, 6.45) is 1.97. The standard InChI is InChI=1S/C8H8ClNO2S/c1-2-7(10(11)12)4-8-3-6(9)5-13-8/h3-5H,2H2,1H3. The molecule has 0 bridgehead atoms. The minimum atomic E-state index is -0.367. The van der Waals surface area contributed by atoms with E-state index in [2.05, 4.69) is 0 Å². The topological polar surface area (TPSA) is 43.1 Å². The number of nitrogens with zero attached hydrogens (tertiary/aromatic N) is 1. The Labute approximate surface area is 84.8 Å². The predicted octanol–water partition coefficient (Wildman–Crippen LogP) is 3.43. The van der Waals surface area contributed by atoms with Crippen molar-refractivity contribution in [2.24, 2.45) is 0 Å². The highest BCUT2D eigenvalue weighted by atomic mass is 35.5. The van der Waals surface area contributed by atoms with Gasteiger partial charge in [0.2, 0.25) is 5.70 Å². The summed E-state index contributed by atoms with van der Waals surface area (Å²) in [5.41, 5.74) is 0.207. The smallest absolute Gasteiger partial charge is 0.247 e. The number of hydrogen-bond acceptors (Lipinski definition) is 3. The molecule has 0 fully saturated rings. The van der Waals surface area contributed by atoms with Gasteiger partial charge in [-0.2, -0.15) is 0 Å². The summed E-state index contributed by atoms with van der Waals surface area (Å²) in [4.78, 5) is 10.9. The molecule has 0 aliphatic rings. The summed E-state index contributed by atoms with van der Waals surface area (Å²) < 4.78 is 0. The van der Waals surface area contributed by atoms with Crippen molar-refractivity contribution in [3.8, 4) is 0 Å². The van der Waals surface area contributed by atoms with Crippen LogP contribution in [0.3, 0.4) is 0 Å². The summed E-state index contributed by atoms with van der Waals surface area (Å²) in [7, 11) is 0. The molecule has 0 saturated heterocycles. The van der Waals surface area contributed by atoms with Gasteiger partial charge >= 0.3 is 0 Å². The zero-order valence-corrected chi connectivity index (χ0v) is 8.56. The van der Waals surface area contributed by atoms with Gasteiger partial charge in [0.25, 0.3) is 0 Å². The zero-order chi connectivity index (χ0) is 9.84. The van der Waals surface area contributed by atoms with E-state index in [0.717, 1.165) is 4.88 Å². The lowest BCUT2D eigenvalue weighted by atomic mass is 10.3. The molecule has 1 aromatic heterocycles. The maximum absolute atomic E-state index is 10.5. The van der Waals surface area contributed by atoms with Gasteiger partial charge in [0, 0.05) is 22.8 Å². The number of halogens is 1. The molecule has 0 saturated carbocycles. The van der Waals surface area contributed by atoms with Crippen LogP contribution in [0.25, 0.3) is 6.08 Å². The molecule has 0 aromatic carbocycles. The van der Waals surface area contributed by atoms with E-state index in [4.69, 9.17) is 11.6 Å². The summed E-state index contributed by atoms with van der Waals surface area (Å²) in [6.45, 7) is 1.75. The second kappa shape index (κ2) is 4.39. The van der Waals surface area contributed by atoms with E-state index < -0.39 is 0 Å². The van der Waals surface area contributed by atoms with Crippen molar-refractivity contribution in [3.63, 3.8) is 0 Å². The molecule has 13 heavy (non-hydrogen) atoms. The highest BCUT2D eigenvalue weighted by Gasteiger charge is 2.07. The van der Waals surface area contributed by atoms with Crippen molar-refractivity contribution in [1.82, 2.24) is 0 Å². The molecule has 1 aromatic rings. The van der Waals surface area contributed by atoms with Gasteiger partial charge in [0.05, 0.1) is 9.95 Å². The first kappa shape index (κ1) is 10.2. The zero-order valence-electron chi connectivity index (χ0n) is 6.99. The van der Waals surface area contributed by atoms with Crippen LogP contribution in [-0.2, 0) is 0 Å². The Morgan fingerprint density at radius 3 is 2.92 bits per heavy atom. The normalized spacial score (nSPS) is 11.7. The van der Waals surface area contributed by atoms with E-state index in [-0.39, 0.29) is 10.6 Å². The van der Waals surface area contributed by atoms with Gasteiger partial charge in [-0.15, -0.1) is 11.3 Å². The number of rotatable bonds is 3. The summed E-state index contributed by atoms with van der Waals surface area (Å²) in [5.74, 6) is 0. The largest absolute Gasteiger partial charge is 0.259 e. The van der Waals surface area contributed by atoms with Crippen LogP contribution in [0.4, 0.5) is 0 Å². The predicted molar refractivity (Wildman–Crippen MR) is 54.6 cm³/mol. The molecule has 3 nitrogen and oxygen atoms in total. The van der Waals surface area contributed by atoms with Crippen LogP contribution in [0, 0.1) is 10.1 Å². The van der Waals surface area contributed by atoms with E-state index in [1.165, 1.54) is 11.3 Å². The lowest BCUT2D eigenvalue weighted by Crippen LogP contribution is -1.95. The van der Waals surface area contributed by atoms with Crippen LogP contribution in [0.5, 0.6) is 0 Å². The van der Waals surface area contributed by atoms with Gasteiger partial charge < -0.3 is 0 Å². The van der Waals surface area contributed by atoms with E-state index in [9.17, 15) is 10.1 Å². The van der Waals surface area contributed by atoms with Gasteiger partial charge in [0.1, 0.15) is 0 Å². The van der Waals surface area contributed by atoms with Gasteiger partial charge in [-0.05, 0) is 6.07 Å². The lowest BCUT2D eigenvalue weighted by molar-refractivity contribution is -0.425.